The van der Waals surface area contributed by atoms with Gasteiger partial charge in [0.25, 0.3) is 0 Å². The minimum absolute atomic E-state index is 0. The minimum atomic E-state index is -0.664. The number of carbonyl (C=O) groups is 1. The summed E-state index contributed by atoms with van der Waals surface area (Å²) in [5.74, 6) is -0.664. The van der Waals surface area contributed by atoms with Crippen molar-refractivity contribution in [2.24, 2.45) is 0 Å². The topological polar surface area (TPSA) is 37.3 Å². The van der Waals surface area contributed by atoms with Crippen molar-refractivity contribution in [3.05, 3.63) is 12.2 Å². The summed E-state index contributed by atoms with van der Waals surface area (Å²) in [6, 6.07) is 0. The Hall–Kier alpha value is 0.781. The van der Waals surface area contributed by atoms with Gasteiger partial charge in [0, 0.05) is 6.42 Å². The van der Waals surface area contributed by atoms with Crippen molar-refractivity contribution in [2.45, 2.75) is 96.8 Å². The molecule has 3 heteroatoms. The monoisotopic (exact) mass is 422 g/mol. The molecule has 0 aromatic rings. The first-order valence-corrected chi connectivity index (χ1v) is 8.64. The quantitative estimate of drug-likeness (QED) is 0.201. The van der Waals surface area contributed by atoms with E-state index < -0.39 is 5.97 Å². The van der Waals surface area contributed by atoms with Crippen molar-refractivity contribution >= 4 is 54.9 Å². The molecule has 0 heterocycles. The molecule has 0 saturated heterocycles. The smallest absolute Gasteiger partial charge is 1.00 e. The van der Waals surface area contributed by atoms with Gasteiger partial charge in [0.1, 0.15) is 0 Å². The van der Waals surface area contributed by atoms with Gasteiger partial charge in [0.05, 0.1) is 0 Å². The maximum atomic E-state index is 10.3. The Morgan fingerprint density at radius 1 is 0.810 bits per heavy atom. The van der Waals surface area contributed by atoms with Gasteiger partial charge in [-0.05, 0) is 32.1 Å². The fraction of sp³-hybridized carbons (Fsp3) is 0.833. The van der Waals surface area contributed by atoms with Crippen LogP contribution in [0.1, 0.15) is 99.7 Å². The molecule has 0 aromatic carbocycles. The van der Waals surface area contributed by atoms with Crippen molar-refractivity contribution < 1.29 is 12.8 Å². The third kappa shape index (κ3) is 23.2. The fourth-order valence-electron chi connectivity index (χ4n) is 2.35. The molecule has 0 unspecified atom stereocenters. The zero-order valence-electron chi connectivity index (χ0n) is 16.1. The van der Waals surface area contributed by atoms with E-state index in [1.54, 1.807) is 0 Å². The van der Waals surface area contributed by atoms with Gasteiger partial charge < -0.3 is 7.96 Å². The number of hydrogen-bond donors (Lipinski definition) is 1. The van der Waals surface area contributed by atoms with Gasteiger partial charge in [-0.15, -0.1) is 0 Å². The minimum Gasteiger partial charge on any atom is -1.00 e. The number of allylic oxidation sites excluding steroid dienone is 2. The van der Waals surface area contributed by atoms with Gasteiger partial charge >= 0.3 is 54.9 Å². The predicted octanol–water partition coefficient (Wildman–Crippen LogP) is 5.95. The van der Waals surface area contributed by atoms with Crippen LogP contribution in [0, 0.1) is 0 Å². The molecule has 0 spiro atoms. The van der Waals surface area contributed by atoms with Crippen LogP contribution in [0.4, 0.5) is 0 Å². The average molecular weight is 422 g/mol. The zero-order valence-corrected chi connectivity index (χ0v) is 18.6. The van der Waals surface area contributed by atoms with Crippen LogP contribution >= 0.6 is 0 Å². The first-order chi connectivity index (χ1) is 9.77. The van der Waals surface area contributed by atoms with E-state index >= 15 is 0 Å². The van der Waals surface area contributed by atoms with Crippen LogP contribution in [-0.4, -0.2) is 60.0 Å². The summed E-state index contributed by atoms with van der Waals surface area (Å²) < 4.78 is 0. The summed E-state index contributed by atoms with van der Waals surface area (Å²) in [4.78, 5) is 10.3. The molecule has 0 aromatic heterocycles. The summed E-state index contributed by atoms with van der Waals surface area (Å²) in [6.07, 6.45) is 21.2. The third-order valence-electron chi connectivity index (χ3n) is 3.65. The van der Waals surface area contributed by atoms with Crippen LogP contribution in [0.25, 0.3) is 0 Å². The van der Waals surface area contributed by atoms with Gasteiger partial charge in [0.2, 0.25) is 0 Å². The number of carboxylic acid groups (broad SMARTS) is 1. The van der Waals surface area contributed by atoms with E-state index in [1.165, 1.54) is 70.6 Å². The average Bonchev–Trinajstić information content (AvgIpc) is 2.43. The molecule has 0 aliphatic carbocycles. The second-order valence-electron chi connectivity index (χ2n) is 5.73. The third-order valence-corrected chi connectivity index (χ3v) is 3.65. The van der Waals surface area contributed by atoms with Crippen LogP contribution < -0.4 is 0 Å². The molecule has 0 atom stereocenters. The summed E-state index contributed by atoms with van der Waals surface area (Å²) >= 11 is 0. The normalized spacial score (nSPS) is 10.7. The first kappa shape index (κ1) is 24.0. The van der Waals surface area contributed by atoms with E-state index in [0.717, 1.165) is 12.8 Å². The summed E-state index contributed by atoms with van der Waals surface area (Å²) in [6.45, 7) is 2.26. The van der Waals surface area contributed by atoms with Crippen LogP contribution in [0.5, 0.6) is 0 Å². The van der Waals surface area contributed by atoms with Crippen LogP contribution in [0.2, 0.25) is 0 Å². The molecule has 21 heavy (non-hydrogen) atoms. The molecule has 0 rings (SSSR count). The first-order valence-electron chi connectivity index (χ1n) is 8.64. The molecule has 0 aliphatic heterocycles. The maximum Gasteiger partial charge on any atom is 2.00 e. The molecular weight excluding hydrogens is 386 g/mol. The second-order valence-corrected chi connectivity index (χ2v) is 5.73. The zero-order chi connectivity index (χ0) is 14.9. The summed E-state index contributed by atoms with van der Waals surface area (Å²) in [5.41, 5.74) is 0. The molecule has 2 nitrogen and oxygen atoms in total. The standard InChI is InChI=1S/C18H34O2.Ba.2H/c1-2-3-4-5-6-7-8-9-10-11-12-13-14-15-16-17-18(19)20;;;/h9-10H,2-8,11-17H2,1H3,(H,19,20);;;/q;+2;2*-1. The van der Waals surface area contributed by atoms with Crippen LogP contribution in [0.3, 0.4) is 0 Å². The molecule has 1 N–H and O–H groups in total. The van der Waals surface area contributed by atoms with Gasteiger partial charge in [0.15, 0.2) is 0 Å². The van der Waals surface area contributed by atoms with Crippen molar-refractivity contribution in [3.8, 4) is 0 Å². The Bertz CT molecular complexity index is 249. The Morgan fingerprint density at radius 2 is 1.24 bits per heavy atom. The molecular formula is C18H36BaO2. The Balaban J connectivity index is -0.000000602. The second kappa shape index (κ2) is 20.8. The molecule has 0 saturated carbocycles. The molecule has 0 bridgehead atoms. The number of carboxylic acids is 1. The Morgan fingerprint density at radius 3 is 1.71 bits per heavy atom. The Labute approximate surface area is 175 Å². The number of rotatable bonds is 15. The van der Waals surface area contributed by atoms with E-state index in [4.69, 9.17) is 5.11 Å². The fourth-order valence-corrected chi connectivity index (χ4v) is 2.35. The molecule has 0 fully saturated rings. The number of unbranched alkanes of at least 4 members (excludes halogenated alkanes) is 11. The molecule has 0 aliphatic rings. The number of aliphatic carboxylic acids is 1. The van der Waals surface area contributed by atoms with Gasteiger partial charge in [-0.2, -0.15) is 0 Å². The van der Waals surface area contributed by atoms with E-state index in [9.17, 15) is 4.79 Å². The predicted molar refractivity (Wildman–Crippen MR) is 95.1 cm³/mol. The van der Waals surface area contributed by atoms with Gasteiger partial charge in [-0.3, -0.25) is 4.79 Å². The van der Waals surface area contributed by atoms with E-state index in [2.05, 4.69) is 19.1 Å². The maximum absolute atomic E-state index is 10.3. The van der Waals surface area contributed by atoms with Crippen molar-refractivity contribution in [3.63, 3.8) is 0 Å². The largest absolute Gasteiger partial charge is 2.00 e. The van der Waals surface area contributed by atoms with E-state index in [-0.39, 0.29) is 51.7 Å². The van der Waals surface area contributed by atoms with Crippen LogP contribution in [0.15, 0.2) is 12.2 Å². The van der Waals surface area contributed by atoms with E-state index in [1.807, 2.05) is 0 Å². The van der Waals surface area contributed by atoms with Crippen molar-refractivity contribution in [2.75, 3.05) is 0 Å². The number of hydrogen-bond acceptors (Lipinski definition) is 1. The molecule has 0 amide bonds. The molecule has 0 radical (unpaired) electrons. The van der Waals surface area contributed by atoms with Gasteiger partial charge in [-0.1, -0.05) is 70.4 Å². The van der Waals surface area contributed by atoms with Crippen molar-refractivity contribution in [1.29, 1.82) is 0 Å². The summed E-state index contributed by atoms with van der Waals surface area (Å²) in [5, 5.41) is 8.51. The van der Waals surface area contributed by atoms with Gasteiger partial charge in [-0.25, -0.2) is 0 Å². The summed E-state index contributed by atoms with van der Waals surface area (Å²) in [7, 11) is 0. The molecule has 122 valence electrons. The van der Waals surface area contributed by atoms with E-state index in [0.29, 0.717) is 6.42 Å². The Kier molecular flexibility index (Phi) is 23.8. The van der Waals surface area contributed by atoms with Crippen molar-refractivity contribution in [1.82, 2.24) is 0 Å². The SMILES string of the molecule is CCCCCCCCC=CCCCCCCCC(=O)O.[Ba+2].[H-].[H-]. The van der Waals surface area contributed by atoms with Crippen LogP contribution in [-0.2, 0) is 4.79 Å².